The normalized spacial score (nSPS) is 22.9. The number of alkyl halides is 3. The molecule has 0 N–H and O–H groups in total. The Hall–Kier alpha value is -0.210. The Morgan fingerprint density at radius 1 is 0.607 bits per heavy atom. The SMILES string of the molecule is CCCCCCCCCC(C(F)(F)F)(C1(C)CCCCC1)C1(C)CCCCC1. The highest BCUT2D eigenvalue weighted by Crippen LogP contribution is 2.70. The van der Waals surface area contributed by atoms with Crippen LogP contribution in [-0.2, 0) is 0 Å². The van der Waals surface area contributed by atoms with Crippen LogP contribution in [0.2, 0.25) is 0 Å². The summed E-state index contributed by atoms with van der Waals surface area (Å²) in [6.07, 6.45) is 13.1. The summed E-state index contributed by atoms with van der Waals surface area (Å²) in [5, 5.41) is 0. The zero-order valence-corrected chi connectivity index (χ0v) is 18.9. The van der Waals surface area contributed by atoms with Crippen molar-refractivity contribution in [1.29, 1.82) is 0 Å². The van der Waals surface area contributed by atoms with Gasteiger partial charge in [0.15, 0.2) is 0 Å². The van der Waals surface area contributed by atoms with E-state index in [0.717, 1.165) is 83.5 Å². The van der Waals surface area contributed by atoms with Gasteiger partial charge in [0.1, 0.15) is 0 Å². The first-order valence-corrected chi connectivity index (χ1v) is 12.3. The summed E-state index contributed by atoms with van der Waals surface area (Å²) >= 11 is 0. The van der Waals surface area contributed by atoms with Gasteiger partial charge >= 0.3 is 6.18 Å². The van der Waals surface area contributed by atoms with Crippen molar-refractivity contribution in [2.45, 2.75) is 143 Å². The number of halogens is 3. The van der Waals surface area contributed by atoms with Gasteiger partial charge in [0.05, 0.1) is 5.41 Å². The smallest absolute Gasteiger partial charge is 0.170 e. The Bertz CT molecular complexity index is 415. The summed E-state index contributed by atoms with van der Waals surface area (Å²) < 4.78 is 45.3. The second-order valence-corrected chi connectivity index (χ2v) is 10.5. The van der Waals surface area contributed by atoms with Crippen molar-refractivity contribution in [3.63, 3.8) is 0 Å². The predicted molar refractivity (Wildman–Crippen MR) is 113 cm³/mol. The Balaban J connectivity index is 2.24. The van der Waals surface area contributed by atoms with Gasteiger partial charge in [-0.2, -0.15) is 13.2 Å². The number of hydrogen-bond acceptors (Lipinski definition) is 0. The van der Waals surface area contributed by atoms with Crippen molar-refractivity contribution in [3.8, 4) is 0 Å². The van der Waals surface area contributed by atoms with Gasteiger partial charge < -0.3 is 0 Å². The number of unbranched alkanes of at least 4 members (excludes halogenated alkanes) is 6. The molecule has 0 spiro atoms. The molecular weight excluding hydrogens is 357 g/mol. The Kier molecular flexibility index (Phi) is 8.77. The lowest BCUT2D eigenvalue weighted by Crippen LogP contribution is -2.61. The molecular formula is C25H45F3. The molecule has 3 heteroatoms. The summed E-state index contributed by atoms with van der Waals surface area (Å²) in [5.74, 6) is 0. The molecule has 2 rings (SSSR count). The van der Waals surface area contributed by atoms with E-state index in [4.69, 9.17) is 0 Å². The maximum atomic E-state index is 15.1. The minimum atomic E-state index is -4.10. The molecule has 0 saturated heterocycles. The topological polar surface area (TPSA) is 0 Å². The standard InChI is InChI=1S/C25H45F3/c1-4-5-6-7-8-9-16-21-24(25(26,27)28,22(2)17-12-10-13-18-22)23(3)19-14-11-15-20-23/h4-21H2,1-3H3. The molecule has 2 saturated carbocycles. The van der Waals surface area contributed by atoms with Crippen LogP contribution >= 0.6 is 0 Å². The van der Waals surface area contributed by atoms with E-state index in [1.54, 1.807) is 0 Å². The van der Waals surface area contributed by atoms with E-state index in [1.165, 1.54) is 25.7 Å². The summed E-state index contributed by atoms with van der Waals surface area (Å²) in [5.41, 5.74) is -2.67. The second-order valence-electron chi connectivity index (χ2n) is 10.5. The van der Waals surface area contributed by atoms with Crippen LogP contribution in [0.25, 0.3) is 0 Å². The Morgan fingerprint density at radius 2 is 1.00 bits per heavy atom. The lowest BCUT2D eigenvalue weighted by atomic mass is 9.43. The van der Waals surface area contributed by atoms with Crippen molar-refractivity contribution in [2.24, 2.45) is 16.2 Å². The van der Waals surface area contributed by atoms with E-state index in [-0.39, 0.29) is 0 Å². The van der Waals surface area contributed by atoms with E-state index >= 15 is 13.2 Å². The van der Waals surface area contributed by atoms with Gasteiger partial charge in [-0.25, -0.2) is 0 Å². The van der Waals surface area contributed by atoms with E-state index in [2.05, 4.69) is 6.92 Å². The van der Waals surface area contributed by atoms with E-state index in [9.17, 15) is 0 Å². The van der Waals surface area contributed by atoms with Crippen LogP contribution in [-0.4, -0.2) is 6.18 Å². The van der Waals surface area contributed by atoms with Crippen LogP contribution in [0.5, 0.6) is 0 Å². The lowest BCUT2D eigenvalue weighted by molar-refractivity contribution is -0.319. The lowest BCUT2D eigenvalue weighted by Gasteiger charge is -2.61. The van der Waals surface area contributed by atoms with Crippen LogP contribution in [0.4, 0.5) is 13.2 Å². The molecule has 0 aliphatic heterocycles. The highest BCUT2D eigenvalue weighted by Gasteiger charge is 2.70. The molecule has 0 nitrogen and oxygen atoms in total. The van der Waals surface area contributed by atoms with Crippen molar-refractivity contribution in [3.05, 3.63) is 0 Å². The summed E-state index contributed by atoms with van der Waals surface area (Å²) in [7, 11) is 0. The minimum Gasteiger partial charge on any atom is -0.170 e. The molecule has 0 aromatic carbocycles. The van der Waals surface area contributed by atoms with Gasteiger partial charge in [-0.1, -0.05) is 104 Å². The third-order valence-corrected chi connectivity index (χ3v) is 8.61. The Labute approximate surface area is 172 Å². The quantitative estimate of drug-likeness (QED) is 0.319. The van der Waals surface area contributed by atoms with Crippen LogP contribution < -0.4 is 0 Å². The maximum absolute atomic E-state index is 15.1. The van der Waals surface area contributed by atoms with E-state index < -0.39 is 22.4 Å². The first kappa shape index (κ1) is 24.1. The van der Waals surface area contributed by atoms with Crippen molar-refractivity contribution >= 4 is 0 Å². The fraction of sp³-hybridized carbons (Fsp3) is 1.00. The highest BCUT2D eigenvalue weighted by molar-refractivity contribution is 5.10. The average Bonchev–Trinajstić information content (AvgIpc) is 2.63. The first-order valence-electron chi connectivity index (χ1n) is 12.3. The first-order chi connectivity index (χ1) is 13.2. The minimum absolute atomic E-state index is 0.358. The summed E-state index contributed by atoms with van der Waals surface area (Å²) in [6.45, 7) is 6.23. The molecule has 0 amide bonds. The Morgan fingerprint density at radius 3 is 1.39 bits per heavy atom. The van der Waals surface area contributed by atoms with Gasteiger partial charge in [-0.15, -0.1) is 0 Å². The third kappa shape index (κ3) is 4.91. The van der Waals surface area contributed by atoms with E-state index in [1.807, 2.05) is 13.8 Å². The average molecular weight is 403 g/mol. The summed E-state index contributed by atoms with van der Waals surface area (Å²) in [6, 6.07) is 0. The molecule has 2 aliphatic rings. The molecule has 0 unspecified atom stereocenters. The van der Waals surface area contributed by atoms with Gasteiger partial charge in [-0.3, -0.25) is 0 Å². The van der Waals surface area contributed by atoms with Gasteiger partial charge in [0.2, 0.25) is 0 Å². The van der Waals surface area contributed by atoms with Crippen LogP contribution in [0.3, 0.4) is 0 Å². The molecule has 2 fully saturated rings. The molecule has 0 heterocycles. The second kappa shape index (κ2) is 10.2. The fourth-order valence-corrected chi connectivity index (χ4v) is 7.02. The molecule has 28 heavy (non-hydrogen) atoms. The fourth-order valence-electron chi connectivity index (χ4n) is 7.02. The van der Waals surface area contributed by atoms with Crippen molar-refractivity contribution < 1.29 is 13.2 Å². The molecule has 0 bridgehead atoms. The van der Waals surface area contributed by atoms with E-state index in [0.29, 0.717) is 6.42 Å². The highest BCUT2D eigenvalue weighted by atomic mass is 19.4. The zero-order valence-electron chi connectivity index (χ0n) is 18.9. The zero-order chi connectivity index (χ0) is 20.7. The summed E-state index contributed by atoms with van der Waals surface area (Å²) in [4.78, 5) is 0. The molecule has 0 aromatic rings. The number of hydrogen-bond donors (Lipinski definition) is 0. The van der Waals surface area contributed by atoms with Crippen LogP contribution in [0.1, 0.15) is 136 Å². The molecule has 0 atom stereocenters. The molecule has 166 valence electrons. The van der Waals surface area contributed by atoms with Gasteiger partial charge in [-0.05, 0) is 42.9 Å². The van der Waals surface area contributed by atoms with Crippen LogP contribution in [0, 0.1) is 16.2 Å². The monoisotopic (exact) mass is 402 g/mol. The van der Waals surface area contributed by atoms with Crippen molar-refractivity contribution in [2.75, 3.05) is 0 Å². The maximum Gasteiger partial charge on any atom is 0.395 e. The molecule has 0 aromatic heterocycles. The number of rotatable bonds is 10. The predicted octanol–water partition coefficient (Wildman–Crippen LogP) is 9.62. The van der Waals surface area contributed by atoms with Crippen molar-refractivity contribution in [1.82, 2.24) is 0 Å². The molecule has 2 aliphatic carbocycles. The van der Waals surface area contributed by atoms with Gasteiger partial charge in [0.25, 0.3) is 0 Å². The third-order valence-electron chi connectivity index (χ3n) is 8.61. The largest absolute Gasteiger partial charge is 0.395 e. The van der Waals surface area contributed by atoms with Gasteiger partial charge in [0, 0.05) is 0 Å². The van der Waals surface area contributed by atoms with Crippen LogP contribution in [0.15, 0.2) is 0 Å². The molecule has 0 radical (unpaired) electrons.